The van der Waals surface area contributed by atoms with E-state index in [1.807, 2.05) is 43.3 Å². The molecule has 10 heteroatoms. The van der Waals surface area contributed by atoms with E-state index in [-0.39, 0.29) is 11.3 Å². The first kappa shape index (κ1) is 21.6. The first-order valence-corrected chi connectivity index (χ1v) is 13.3. The Kier molecular flexibility index (Phi) is 4.85. The van der Waals surface area contributed by atoms with E-state index >= 15 is 0 Å². The van der Waals surface area contributed by atoms with Crippen molar-refractivity contribution in [2.75, 3.05) is 5.32 Å². The number of hydrogen-bond acceptors (Lipinski definition) is 6. The number of hydrogen-bond donors (Lipinski definition) is 2. The molecule has 0 amide bonds. The Morgan fingerprint density at radius 2 is 1.79 bits per heavy atom. The topological polar surface area (TPSA) is 124 Å². The molecule has 2 aromatic carbocycles. The highest BCUT2D eigenvalue weighted by atomic mass is 32.2. The monoisotopic (exact) mass is 482 g/mol. The molecule has 0 saturated heterocycles. The van der Waals surface area contributed by atoms with Crippen LogP contribution in [-0.4, -0.2) is 26.0 Å². The zero-order valence-corrected chi connectivity index (χ0v) is 19.4. The van der Waals surface area contributed by atoms with E-state index in [9.17, 15) is 16.8 Å². The fourth-order valence-electron chi connectivity index (χ4n) is 4.49. The number of fused-ring (bicyclic) bond motifs is 3. The molecule has 170 valence electrons. The van der Waals surface area contributed by atoms with Gasteiger partial charge < -0.3 is 5.32 Å². The van der Waals surface area contributed by atoms with Gasteiger partial charge in [-0.05, 0) is 37.1 Å². The molecule has 33 heavy (non-hydrogen) atoms. The lowest BCUT2D eigenvalue weighted by molar-refractivity contribution is 0.540. The minimum atomic E-state index is -4.13. The Labute approximate surface area is 192 Å². The van der Waals surface area contributed by atoms with Crippen LogP contribution in [0.15, 0.2) is 83.4 Å². The van der Waals surface area contributed by atoms with E-state index in [2.05, 4.69) is 10.4 Å². The van der Waals surface area contributed by atoms with Crippen LogP contribution in [-0.2, 0) is 31.3 Å². The van der Waals surface area contributed by atoms with Gasteiger partial charge in [-0.15, -0.1) is 0 Å². The first-order chi connectivity index (χ1) is 15.6. The lowest BCUT2D eigenvalue weighted by Crippen LogP contribution is -2.40. The van der Waals surface area contributed by atoms with Gasteiger partial charge in [-0.3, -0.25) is 0 Å². The van der Waals surface area contributed by atoms with Crippen molar-refractivity contribution >= 4 is 25.7 Å². The molecule has 1 aliphatic heterocycles. The standard InChI is InChI=1S/C23H22N4O4S2/c1-16-5-4-12-23(13-16,18-8-10-19(11-9-18)32(24,28)29)33(30,31)27-22-17(15-26-27)14-25-21-7-3-2-6-20(21)22/h2-11,13,15,25H,12,14H2,1H3,(H2,24,28,29). The van der Waals surface area contributed by atoms with Crippen molar-refractivity contribution in [3.8, 4) is 11.3 Å². The molecule has 0 spiro atoms. The van der Waals surface area contributed by atoms with Crippen LogP contribution in [0.25, 0.3) is 11.3 Å². The van der Waals surface area contributed by atoms with E-state index in [1.165, 1.54) is 24.3 Å². The van der Waals surface area contributed by atoms with Crippen LogP contribution in [0.5, 0.6) is 0 Å². The molecule has 1 aliphatic carbocycles. The summed E-state index contributed by atoms with van der Waals surface area (Å²) in [5, 5.41) is 12.8. The zero-order valence-electron chi connectivity index (χ0n) is 17.8. The number of rotatable bonds is 4. The molecule has 1 unspecified atom stereocenters. The average Bonchev–Trinajstić information content (AvgIpc) is 3.24. The maximum Gasteiger partial charge on any atom is 0.268 e. The molecule has 0 radical (unpaired) electrons. The molecule has 1 atom stereocenters. The number of sulfonamides is 1. The van der Waals surface area contributed by atoms with Crippen LogP contribution in [0.4, 0.5) is 5.69 Å². The highest BCUT2D eigenvalue weighted by molar-refractivity contribution is 7.91. The molecule has 8 nitrogen and oxygen atoms in total. The highest BCUT2D eigenvalue weighted by Gasteiger charge is 2.47. The van der Waals surface area contributed by atoms with Crippen LogP contribution < -0.4 is 10.5 Å². The number of primary sulfonamides is 1. The molecule has 3 aromatic rings. The number of anilines is 1. The molecule has 0 fully saturated rings. The second-order valence-electron chi connectivity index (χ2n) is 8.22. The third-order valence-corrected chi connectivity index (χ3v) is 9.19. The predicted molar refractivity (Wildman–Crippen MR) is 126 cm³/mol. The summed E-state index contributed by atoms with van der Waals surface area (Å²) in [5.74, 6) is 0. The maximum absolute atomic E-state index is 14.3. The van der Waals surface area contributed by atoms with E-state index < -0.39 is 24.8 Å². The summed E-state index contributed by atoms with van der Waals surface area (Å²) in [6.07, 6.45) is 7.13. The van der Waals surface area contributed by atoms with Gasteiger partial charge in [-0.25, -0.2) is 22.0 Å². The van der Waals surface area contributed by atoms with Gasteiger partial charge in [0, 0.05) is 23.4 Å². The normalized spacial score (nSPS) is 19.9. The average molecular weight is 483 g/mol. The third-order valence-electron chi connectivity index (χ3n) is 6.09. The van der Waals surface area contributed by atoms with Crippen LogP contribution >= 0.6 is 0 Å². The Balaban J connectivity index is 1.74. The molecular weight excluding hydrogens is 460 g/mol. The van der Waals surface area contributed by atoms with Gasteiger partial charge >= 0.3 is 0 Å². The van der Waals surface area contributed by atoms with Crippen molar-refractivity contribution in [2.45, 2.75) is 29.5 Å². The SMILES string of the molecule is CC1=CC(c2ccc(S(N)(=O)=O)cc2)(S(=O)(=O)n2ncc3c2-c2ccccc2NC3)CC=C1. The number of aromatic nitrogens is 2. The van der Waals surface area contributed by atoms with E-state index in [1.54, 1.807) is 12.3 Å². The molecular formula is C23H22N4O4S2. The van der Waals surface area contributed by atoms with Gasteiger partial charge in [0.2, 0.25) is 10.0 Å². The van der Waals surface area contributed by atoms with E-state index in [4.69, 9.17) is 5.14 Å². The van der Waals surface area contributed by atoms with Gasteiger partial charge in [0.05, 0.1) is 16.8 Å². The number of benzene rings is 2. The highest BCUT2D eigenvalue weighted by Crippen LogP contribution is 2.44. The quantitative estimate of drug-likeness (QED) is 0.589. The summed E-state index contributed by atoms with van der Waals surface area (Å²) in [7, 11) is -8.04. The lowest BCUT2D eigenvalue weighted by atomic mass is 9.89. The number of allylic oxidation sites excluding steroid dienone is 3. The zero-order chi connectivity index (χ0) is 23.4. The van der Waals surface area contributed by atoms with Crippen LogP contribution in [0.1, 0.15) is 24.5 Å². The largest absolute Gasteiger partial charge is 0.380 e. The van der Waals surface area contributed by atoms with Gasteiger partial charge in [-0.1, -0.05) is 54.1 Å². The Morgan fingerprint density at radius 3 is 2.48 bits per heavy atom. The van der Waals surface area contributed by atoms with Crippen LogP contribution in [0, 0.1) is 0 Å². The van der Waals surface area contributed by atoms with Crippen molar-refractivity contribution in [2.24, 2.45) is 5.14 Å². The predicted octanol–water partition coefficient (Wildman–Crippen LogP) is 3.10. The molecule has 0 bridgehead atoms. The van der Waals surface area contributed by atoms with E-state index in [0.29, 0.717) is 17.8 Å². The Hall–Kier alpha value is -3.21. The van der Waals surface area contributed by atoms with Gasteiger partial charge in [0.15, 0.2) is 0 Å². The van der Waals surface area contributed by atoms with Crippen molar-refractivity contribution in [1.29, 1.82) is 0 Å². The third kappa shape index (κ3) is 3.33. The number of nitrogens with zero attached hydrogens (tertiary/aromatic N) is 2. The van der Waals surface area contributed by atoms with Gasteiger partial charge in [-0.2, -0.15) is 9.19 Å². The molecule has 5 rings (SSSR count). The van der Waals surface area contributed by atoms with Crippen LogP contribution in [0.2, 0.25) is 0 Å². The lowest BCUT2D eigenvalue weighted by Gasteiger charge is -2.33. The maximum atomic E-state index is 14.3. The summed E-state index contributed by atoms with van der Waals surface area (Å²) in [5.41, 5.74) is 4.12. The summed E-state index contributed by atoms with van der Waals surface area (Å²) in [6, 6.07) is 13.2. The molecule has 0 saturated carbocycles. The second kappa shape index (κ2) is 7.41. The first-order valence-electron chi connectivity index (χ1n) is 10.3. The smallest absolute Gasteiger partial charge is 0.268 e. The molecule has 3 N–H and O–H groups in total. The van der Waals surface area contributed by atoms with Gasteiger partial charge in [0.1, 0.15) is 4.75 Å². The summed E-state index contributed by atoms with van der Waals surface area (Å²) in [4.78, 5) is -0.0812. The van der Waals surface area contributed by atoms with Crippen molar-refractivity contribution in [3.05, 3.63) is 89.7 Å². The summed E-state index contributed by atoms with van der Waals surface area (Å²) < 4.78 is 51.8. The fraction of sp³-hybridized carbons (Fsp3) is 0.174. The van der Waals surface area contributed by atoms with Crippen molar-refractivity contribution in [1.82, 2.24) is 9.19 Å². The minimum Gasteiger partial charge on any atom is -0.380 e. The second-order valence-corrected chi connectivity index (χ2v) is 11.8. The molecule has 2 aliphatic rings. The summed E-state index contributed by atoms with van der Waals surface area (Å²) in [6.45, 7) is 2.29. The fourth-order valence-corrected chi connectivity index (χ4v) is 7.02. The number of nitrogens with two attached hydrogens (primary N) is 1. The van der Waals surface area contributed by atoms with Crippen LogP contribution in [0.3, 0.4) is 0 Å². The molecule has 1 aromatic heterocycles. The summed E-state index contributed by atoms with van der Waals surface area (Å²) >= 11 is 0. The van der Waals surface area contributed by atoms with Gasteiger partial charge in [0.25, 0.3) is 10.0 Å². The van der Waals surface area contributed by atoms with E-state index in [0.717, 1.165) is 26.5 Å². The Morgan fingerprint density at radius 1 is 1.06 bits per heavy atom. The van der Waals surface area contributed by atoms with Crippen molar-refractivity contribution < 1.29 is 16.8 Å². The number of para-hydroxylation sites is 1. The Bertz CT molecular complexity index is 1540. The molecule has 2 heterocycles. The minimum absolute atomic E-state index is 0.0812. The van der Waals surface area contributed by atoms with Crippen molar-refractivity contribution in [3.63, 3.8) is 0 Å². The number of nitrogens with one attached hydrogen (secondary N) is 1.